The van der Waals surface area contributed by atoms with Gasteiger partial charge in [0.25, 0.3) is 5.69 Å². The standard InChI is InChI=1S/C10H8ClFN2O6/c11-5-1-8(14(19)20)7(2-6(5)12)13(3-9(15)16)4-10(17)18/h1-2H,3-4H2,(H,15,16)(H,17,18). The molecule has 0 aliphatic rings. The average molecular weight is 307 g/mol. The number of benzene rings is 1. The lowest BCUT2D eigenvalue weighted by molar-refractivity contribution is -0.384. The van der Waals surface area contributed by atoms with Gasteiger partial charge in [-0.1, -0.05) is 11.6 Å². The van der Waals surface area contributed by atoms with Crippen molar-refractivity contribution in [1.82, 2.24) is 0 Å². The summed E-state index contributed by atoms with van der Waals surface area (Å²) in [6, 6.07) is 1.33. The van der Waals surface area contributed by atoms with Crippen LogP contribution in [0.15, 0.2) is 12.1 Å². The Bertz CT molecular complexity index is 563. The molecule has 0 aliphatic carbocycles. The molecule has 0 bridgehead atoms. The summed E-state index contributed by atoms with van der Waals surface area (Å²) in [5.41, 5.74) is -1.15. The molecule has 1 aromatic rings. The van der Waals surface area contributed by atoms with Crippen LogP contribution in [0, 0.1) is 15.9 Å². The summed E-state index contributed by atoms with van der Waals surface area (Å²) < 4.78 is 13.4. The van der Waals surface area contributed by atoms with Crippen molar-refractivity contribution in [1.29, 1.82) is 0 Å². The number of nitrogens with zero attached hydrogens (tertiary/aromatic N) is 2. The van der Waals surface area contributed by atoms with Crippen LogP contribution in [0.1, 0.15) is 0 Å². The number of carboxylic acid groups (broad SMARTS) is 2. The Morgan fingerprint density at radius 1 is 1.30 bits per heavy atom. The van der Waals surface area contributed by atoms with Crippen molar-refractivity contribution in [3.63, 3.8) is 0 Å². The second-order valence-electron chi connectivity index (χ2n) is 3.66. The maximum Gasteiger partial charge on any atom is 0.323 e. The van der Waals surface area contributed by atoms with E-state index < -0.39 is 52.2 Å². The van der Waals surface area contributed by atoms with Crippen LogP contribution in [0.4, 0.5) is 15.8 Å². The first-order chi connectivity index (χ1) is 9.22. The van der Waals surface area contributed by atoms with Gasteiger partial charge in [0.15, 0.2) is 0 Å². The summed E-state index contributed by atoms with van der Waals surface area (Å²) in [6.07, 6.45) is 0. The Morgan fingerprint density at radius 3 is 2.20 bits per heavy atom. The fourth-order valence-electron chi connectivity index (χ4n) is 1.48. The number of halogens is 2. The first kappa shape index (κ1) is 15.6. The number of hydrogen-bond donors (Lipinski definition) is 2. The SMILES string of the molecule is O=C(O)CN(CC(=O)O)c1cc(F)c(Cl)cc1[N+](=O)[O-]. The van der Waals surface area contributed by atoms with E-state index in [0.717, 1.165) is 0 Å². The molecule has 108 valence electrons. The molecule has 0 spiro atoms. The minimum atomic E-state index is -1.42. The molecule has 0 amide bonds. The smallest absolute Gasteiger partial charge is 0.323 e. The molecule has 0 atom stereocenters. The Balaban J connectivity index is 3.36. The molecular weight excluding hydrogens is 299 g/mol. The number of rotatable bonds is 6. The molecule has 0 aromatic heterocycles. The Hall–Kier alpha value is -2.42. The molecule has 10 heteroatoms. The zero-order chi connectivity index (χ0) is 15.4. The molecule has 8 nitrogen and oxygen atoms in total. The van der Waals surface area contributed by atoms with Crippen LogP contribution >= 0.6 is 11.6 Å². The normalized spacial score (nSPS) is 10.1. The van der Waals surface area contributed by atoms with Gasteiger partial charge in [-0.3, -0.25) is 19.7 Å². The number of carbonyl (C=O) groups is 2. The third-order valence-electron chi connectivity index (χ3n) is 2.21. The maximum absolute atomic E-state index is 13.4. The molecule has 0 unspecified atom stereocenters. The van der Waals surface area contributed by atoms with E-state index in [1.54, 1.807) is 0 Å². The lowest BCUT2D eigenvalue weighted by atomic mass is 10.2. The van der Waals surface area contributed by atoms with Crippen LogP contribution < -0.4 is 4.90 Å². The van der Waals surface area contributed by atoms with Crippen LogP contribution in [-0.2, 0) is 9.59 Å². The van der Waals surface area contributed by atoms with Gasteiger partial charge in [0.05, 0.1) is 9.95 Å². The Labute approximate surface area is 116 Å². The molecular formula is C10H8ClFN2O6. The van der Waals surface area contributed by atoms with E-state index in [1.165, 1.54) is 0 Å². The van der Waals surface area contributed by atoms with Gasteiger partial charge >= 0.3 is 11.9 Å². The summed E-state index contributed by atoms with van der Waals surface area (Å²) in [7, 11) is 0. The number of nitro groups is 1. The zero-order valence-electron chi connectivity index (χ0n) is 9.75. The van der Waals surface area contributed by atoms with E-state index in [0.29, 0.717) is 17.0 Å². The number of carboxylic acids is 2. The molecule has 0 fully saturated rings. The molecule has 0 heterocycles. The topological polar surface area (TPSA) is 121 Å². The molecule has 2 N–H and O–H groups in total. The predicted molar refractivity (Wildman–Crippen MR) is 65.5 cm³/mol. The Morgan fingerprint density at radius 2 is 1.80 bits per heavy atom. The maximum atomic E-state index is 13.4. The van der Waals surface area contributed by atoms with Crippen molar-refractivity contribution >= 4 is 34.9 Å². The minimum absolute atomic E-state index is 0.471. The third kappa shape index (κ3) is 3.79. The van der Waals surface area contributed by atoms with E-state index in [9.17, 15) is 24.1 Å². The minimum Gasteiger partial charge on any atom is -0.480 e. The zero-order valence-corrected chi connectivity index (χ0v) is 10.5. The van der Waals surface area contributed by atoms with E-state index in [1.807, 2.05) is 0 Å². The van der Waals surface area contributed by atoms with E-state index in [2.05, 4.69) is 0 Å². The van der Waals surface area contributed by atoms with Gasteiger partial charge in [0, 0.05) is 12.1 Å². The monoisotopic (exact) mass is 306 g/mol. The van der Waals surface area contributed by atoms with Crippen molar-refractivity contribution in [3.05, 3.63) is 33.1 Å². The van der Waals surface area contributed by atoms with Crippen molar-refractivity contribution in [3.8, 4) is 0 Å². The van der Waals surface area contributed by atoms with Crippen LogP contribution in [0.3, 0.4) is 0 Å². The van der Waals surface area contributed by atoms with Crippen LogP contribution in [-0.4, -0.2) is 40.2 Å². The van der Waals surface area contributed by atoms with Gasteiger partial charge in [0.2, 0.25) is 0 Å². The van der Waals surface area contributed by atoms with E-state index in [-0.39, 0.29) is 0 Å². The van der Waals surface area contributed by atoms with Gasteiger partial charge in [-0.25, -0.2) is 4.39 Å². The van der Waals surface area contributed by atoms with E-state index in [4.69, 9.17) is 21.8 Å². The van der Waals surface area contributed by atoms with Gasteiger partial charge in [-0.15, -0.1) is 0 Å². The van der Waals surface area contributed by atoms with E-state index >= 15 is 0 Å². The second kappa shape index (κ2) is 6.15. The van der Waals surface area contributed by atoms with Crippen molar-refractivity contribution in [2.75, 3.05) is 18.0 Å². The summed E-state index contributed by atoms with van der Waals surface area (Å²) in [6.45, 7) is -1.68. The fourth-order valence-corrected chi connectivity index (χ4v) is 1.64. The Kier molecular flexibility index (Phi) is 4.81. The summed E-state index contributed by atoms with van der Waals surface area (Å²) in [4.78, 5) is 32.0. The van der Waals surface area contributed by atoms with Crippen molar-refractivity contribution in [2.24, 2.45) is 0 Å². The molecule has 0 saturated carbocycles. The molecule has 0 aliphatic heterocycles. The fraction of sp³-hybridized carbons (Fsp3) is 0.200. The molecule has 1 rings (SSSR count). The first-order valence-electron chi connectivity index (χ1n) is 5.04. The largest absolute Gasteiger partial charge is 0.480 e. The average Bonchev–Trinajstić information content (AvgIpc) is 2.29. The van der Waals surface area contributed by atoms with Crippen molar-refractivity contribution < 1.29 is 29.1 Å². The predicted octanol–water partition coefficient (Wildman–Crippen LogP) is 1.36. The lowest BCUT2D eigenvalue weighted by Gasteiger charge is -2.20. The summed E-state index contributed by atoms with van der Waals surface area (Å²) in [5, 5.41) is 27.7. The molecule has 0 saturated heterocycles. The van der Waals surface area contributed by atoms with Crippen LogP contribution in [0.2, 0.25) is 5.02 Å². The highest BCUT2D eigenvalue weighted by Crippen LogP contribution is 2.33. The number of nitro benzene ring substituents is 1. The number of aliphatic carboxylic acids is 2. The van der Waals surface area contributed by atoms with Crippen LogP contribution in [0.5, 0.6) is 0 Å². The molecule has 1 aromatic carbocycles. The quantitative estimate of drug-likeness (QED) is 0.601. The first-order valence-corrected chi connectivity index (χ1v) is 5.42. The van der Waals surface area contributed by atoms with Gasteiger partial charge in [0.1, 0.15) is 24.6 Å². The molecule has 0 radical (unpaired) electrons. The van der Waals surface area contributed by atoms with Gasteiger partial charge in [-0.05, 0) is 0 Å². The second-order valence-corrected chi connectivity index (χ2v) is 4.06. The number of hydrogen-bond acceptors (Lipinski definition) is 5. The third-order valence-corrected chi connectivity index (χ3v) is 2.50. The summed E-state index contributed by atoms with van der Waals surface area (Å²) in [5.74, 6) is -3.86. The van der Waals surface area contributed by atoms with Crippen LogP contribution in [0.25, 0.3) is 0 Å². The van der Waals surface area contributed by atoms with Crippen molar-refractivity contribution in [2.45, 2.75) is 0 Å². The van der Waals surface area contributed by atoms with Gasteiger partial charge < -0.3 is 15.1 Å². The lowest BCUT2D eigenvalue weighted by Crippen LogP contribution is -2.35. The number of anilines is 1. The highest BCUT2D eigenvalue weighted by atomic mass is 35.5. The summed E-state index contributed by atoms with van der Waals surface area (Å²) >= 11 is 5.42. The van der Waals surface area contributed by atoms with Gasteiger partial charge in [-0.2, -0.15) is 0 Å². The highest BCUT2D eigenvalue weighted by molar-refractivity contribution is 6.31. The molecule has 20 heavy (non-hydrogen) atoms. The highest BCUT2D eigenvalue weighted by Gasteiger charge is 2.25.